The Balaban J connectivity index is 1.89. The molecule has 0 fully saturated rings. The Hall–Kier alpha value is -2.13. The first kappa shape index (κ1) is 12.6. The lowest BCUT2D eigenvalue weighted by molar-refractivity contribution is 0.566. The second kappa shape index (κ2) is 4.71. The third-order valence-corrected chi connectivity index (χ3v) is 4.64. The molecule has 0 aliphatic heterocycles. The molecular weight excluding hydrogens is 263 g/mol. The average molecular weight is 280 g/mol. The molecule has 3 aromatic rings. The van der Waals surface area contributed by atoms with Crippen molar-refractivity contribution in [3.8, 4) is 0 Å². The molecule has 0 radical (unpaired) electrons. The summed E-state index contributed by atoms with van der Waals surface area (Å²) in [4.78, 5) is 3.10. The zero-order valence-electron chi connectivity index (χ0n) is 11.9. The second-order valence-corrected chi connectivity index (χ2v) is 5.66. The number of fused-ring (bicyclic) bond motifs is 2. The van der Waals surface area contributed by atoms with E-state index in [-0.39, 0.29) is 5.82 Å². The number of benzene rings is 2. The fourth-order valence-corrected chi connectivity index (χ4v) is 3.63. The van der Waals surface area contributed by atoms with Crippen molar-refractivity contribution in [3.63, 3.8) is 0 Å². The predicted octanol–water partition coefficient (Wildman–Crippen LogP) is 4.10. The van der Waals surface area contributed by atoms with Crippen LogP contribution in [0.15, 0.2) is 48.7 Å². The number of hydrogen-bond acceptors (Lipinski definition) is 1. The first-order chi connectivity index (χ1) is 10.3. The number of hydrogen-bond donors (Lipinski definition) is 2. The molecule has 0 spiro atoms. The van der Waals surface area contributed by atoms with Gasteiger partial charge >= 0.3 is 0 Å². The number of para-hydroxylation sites is 1. The molecule has 0 bridgehead atoms. The summed E-state index contributed by atoms with van der Waals surface area (Å²) in [6, 6.07) is 14.2. The van der Waals surface area contributed by atoms with E-state index in [1.807, 2.05) is 19.3 Å². The van der Waals surface area contributed by atoms with Gasteiger partial charge in [0.25, 0.3) is 0 Å². The molecular formula is C18H17FN2. The van der Waals surface area contributed by atoms with Crippen LogP contribution in [0.4, 0.5) is 4.39 Å². The summed E-state index contributed by atoms with van der Waals surface area (Å²) in [6.45, 7) is 0. The highest BCUT2D eigenvalue weighted by molar-refractivity contribution is 5.85. The van der Waals surface area contributed by atoms with Gasteiger partial charge < -0.3 is 10.3 Å². The van der Waals surface area contributed by atoms with Crippen molar-refractivity contribution in [1.82, 2.24) is 10.3 Å². The van der Waals surface area contributed by atoms with Crippen LogP contribution in [0, 0.1) is 5.82 Å². The van der Waals surface area contributed by atoms with Crippen LogP contribution in [0.2, 0.25) is 0 Å². The van der Waals surface area contributed by atoms with Crippen molar-refractivity contribution in [3.05, 3.63) is 71.2 Å². The van der Waals surface area contributed by atoms with Crippen molar-refractivity contribution in [2.45, 2.75) is 18.4 Å². The van der Waals surface area contributed by atoms with Gasteiger partial charge in [0.2, 0.25) is 0 Å². The van der Waals surface area contributed by atoms with E-state index in [9.17, 15) is 4.39 Å². The van der Waals surface area contributed by atoms with E-state index in [1.165, 1.54) is 22.8 Å². The summed E-state index contributed by atoms with van der Waals surface area (Å²) >= 11 is 0. The van der Waals surface area contributed by atoms with Gasteiger partial charge in [0.1, 0.15) is 5.82 Å². The quantitative estimate of drug-likeness (QED) is 0.726. The van der Waals surface area contributed by atoms with Crippen LogP contribution in [-0.4, -0.2) is 12.0 Å². The third-order valence-electron chi connectivity index (χ3n) is 4.64. The molecule has 2 nitrogen and oxygen atoms in total. The first-order valence-corrected chi connectivity index (χ1v) is 7.31. The lowest BCUT2D eigenvalue weighted by Gasteiger charge is -2.11. The zero-order chi connectivity index (χ0) is 14.4. The molecule has 3 heteroatoms. The predicted molar refractivity (Wildman–Crippen MR) is 83.0 cm³/mol. The smallest absolute Gasteiger partial charge is 0.147 e. The summed E-state index contributed by atoms with van der Waals surface area (Å²) in [6.07, 6.45) is 2.98. The summed E-state index contributed by atoms with van der Waals surface area (Å²) in [5.41, 5.74) is 4.50. The largest absolute Gasteiger partial charge is 0.358 e. The van der Waals surface area contributed by atoms with Crippen LogP contribution in [0.25, 0.3) is 10.9 Å². The number of H-pyrrole nitrogens is 1. The molecule has 0 amide bonds. The minimum Gasteiger partial charge on any atom is -0.358 e. The minimum atomic E-state index is -0.185. The fourth-order valence-electron chi connectivity index (χ4n) is 3.63. The number of aromatic nitrogens is 1. The minimum absolute atomic E-state index is 0.185. The molecule has 2 atom stereocenters. The van der Waals surface area contributed by atoms with Crippen molar-refractivity contribution in [2.75, 3.05) is 7.05 Å². The van der Waals surface area contributed by atoms with E-state index in [4.69, 9.17) is 0 Å². The van der Waals surface area contributed by atoms with Crippen LogP contribution < -0.4 is 5.32 Å². The van der Waals surface area contributed by atoms with Gasteiger partial charge in [-0.1, -0.05) is 36.4 Å². The van der Waals surface area contributed by atoms with E-state index in [2.05, 4.69) is 34.6 Å². The maximum absolute atomic E-state index is 13.9. The molecule has 21 heavy (non-hydrogen) atoms. The third kappa shape index (κ3) is 1.81. The summed E-state index contributed by atoms with van der Waals surface area (Å²) in [5.74, 6) is 0.129. The van der Waals surface area contributed by atoms with Gasteiger partial charge in [-0.15, -0.1) is 0 Å². The number of aromatic amines is 1. The fraction of sp³-hybridized carbons (Fsp3) is 0.222. The van der Waals surface area contributed by atoms with Gasteiger partial charge in [-0.2, -0.15) is 0 Å². The second-order valence-electron chi connectivity index (χ2n) is 5.66. The lowest BCUT2D eigenvalue weighted by atomic mass is 9.92. The van der Waals surface area contributed by atoms with Gasteiger partial charge in [0.15, 0.2) is 0 Å². The van der Waals surface area contributed by atoms with Crippen LogP contribution in [-0.2, 0) is 0 Å². The molecule has 1 heterocycles. The highest BCUT2D eigenvalue weighted by atomic mass is 19.1. The van der Waals surface area contributed by atoms with Crippen LogP contribution in [0.3, 0.4) is 0 Å². The average Bonchev–Trinajstić information content (AvgIpc) is 3.09. The summed E-state index contributed by atoms with van der Waals surface area (Å²) in [7, 11) is 2.00. The summed E-state index contributed by atoms with van der Waals surface area (Å²) in [5, 5.41) is 4.38. The molecule has 0 saturated carbocycles. The van der Waals surface area contributed by atoms with Crippen LogP contribution in [0.5, 0.6) is 0 Å². The van der Waals surface area contributed by atoms with Gasteiger partial charge in [-0.3, -0.25) is 0 Å². The van der Waals surface area contributed by atoms with Crippen molar-refractivity contribution in [1.29, 1.82) is 0 Å². The van der Waals surface area contributed by atoms with Gasteiger partial charge in [-0.05, 0) is 36.2 Å². The molecule has 0 unspecified atom stereocenters. The number of nitrogens with one attached hydrogen (secondary N) is 2. The standard InChI is InChI=1S/C18H17FN2/c1-20-17-9-14(11-5-2-3-6-12(11)17)15-10-21-18-13(15)7-4-8-16(18)19/h2-8,10,14,17,20-21H,9H2,1H3/t14-,17+/m1/s1. The number of rotatable bonds is 2. The van der Waals surface area contributed by atoms with Crippen molar-refractivity contribution in [2.24, 2.45) is 0 Å². The zero-order valence-corrected chi connectivity index (χ0v) is 11.9. The van der Waals surface area contributed by atoms with Gasteiger partial charge in [-0.25, -0.2) is 4.39 Å². The Morgan fingerprint density at radius 3 is 2.67 bits per heavy atom. The van der Waals surface area contributed by atoms with E-state index in [0.717, 1.165) is 11.8 Å². The topological polar surface area (TPSA) is 27.8 Å². The van der Waals surface area contributed by atoms with Gasteiger partial charge in [0.05, 0.1) is 5.52 Å². The maximum Gasteiger partial charge on any atom is 0.147 e. The first-order valence-electron chi connectivity index (χ1n) is 7.31. The molecule has 1 aliphatic rings. The van der Waals surface area contributed by atoms with E-state index >= 15 is 0 Å². The SMILES string of the molecule is CN[C@H]1C[C@@H](c2c[nH]c3c(F)cccc23)c2ccccc21. The van der Waals surface area contributed by atoms with E-state index in [1.54, 1.807) is 6.07 Å². The molecule has 0 saturated heterocycles. The molecule has 1 aliphatic carbocycles. The van der Waals surface area contributed by atoms with Crippen LogP contribution >= 0.6 is 0 Å². The summed E-state index contributed by atoms with van der Waals surface area (Å²) < 4.78 is 13.9. The molecule has 2 N–H and O–H groups in total. The highest BCUT2D eigenvalue weighted by Crippen LogP contribution is 2.45. The van der Waals surface area contributed by atoms with Crippen LogP contribution in [0.1, 0.15) is 35.1 Å². The van der Waals surface area contributed by atoms with Crippen molar-refractivity contribution < 1.29 is 4.39 Å². The normalized spacial score (nSPS) is 20.9. The number of halogens is 1. The monoisotopic (exact) mass is 280 g/mol. The van der Waals surface area contributed by atoms with Crippen molar-refractivity contribution >= 4 is 10.9 Å². The Labute approximate surface area is 123 Å². The van der Waals surface area contributed by atoms with E-state index < -0.39 is 0 Å². The molecule has 106 valence electrons. The lowest BCUT2D eigenvalue weighted by Crippen LogP contribution is -2.13. The van der Waals surface area contributed by atoms with E-state index in [0.29, 0.717) is 17.5 Å². The molecule has 2 aromatic carbocycles. The Kier molecular flexibility index (Phi) is 2.82. The Morgan fingerprint density at radius 1 is 1.05 bits per heavy atom. The Bertz CT molecular complexity index is 806. The van der Waals surface area contributed by atoms with Gasteiger partial charge in [0, 0.05) is 23.5 Å². The highest BCUT2D eigenvalue weighted by Gasteiger charge is 2.32. The molecule has 4 rings (SSSR count). The maximum atomic E-state index is 13.9. The Morgan fingerprint density at radius 2 is 1.86 bits per heavy atom. The molecule has 1 aromatic heterocycles.